The summed E-state index contributed by atoms with van der Waals surface area (Å²) < 4.78 is 0. The standard InChI is InChI=1S/C21H29N5O/c1-14-6-5-7-16(12-14)21(27)25-18-10-8-17(9-11-18)24-19-13-20(26(3)4)23-15(2)22-19/h5-7,12-13,17-18H,8-11H2,1-4H3,(H,25,27)(H,22,23,24)/t17-,18+. The molecule has 1 aliphatic rings. The van der Waals surface area contributed by atoms with Crippen LogP contribution < -0.4 is 15.5 Å². The van der Waals surface area contributed by atoms with Gasteiger partial charge < -0.3 is 15.5 Å². The number of aromatic nitrogens is 2. The van der Waals surface area contributed by atoms with E-state index in [0.717, 1.165) is 54.3 Å². The Bertz CT molecular complexity index is 797. The van der Waals surface area contributed by atoms with Crippen molar-refractivity contribution in [2.24, 2.45) is 0 Å². The lowest BCUT2D eigenvalue weighted by atomic mass is 9.91. The zero-order valence-corrected chi connectivity index (χ0v) is 16.6. The lowest BCUT2D eigenvalue weighted by Crippen LogP contribution is -2.40. The maximum atomic E-state index is 12.4. The first kappa shape index (κ1) is 19.1. The van der Waals surface area contributed by atoms with Crippen molar-refractivity contribution in [3.05, 3.63) is 47.3 Å². The van der Waals surface area contributed by atoms with Crippen molar-refractivity contribution in [2.75, 3.05) is 24.3 Å². The minimum absolute atomic E-state index is 0.0251. The van der Waals surface area contributed by atoms with E-state index in [1.165, 1.54) is 0 Å². The van der Waals surface area contributed by atoms with E-state index < -0.39 is 0 Å². The number of amides is 1. The Hall–Kier alpha value is -2.63. The SMILES string of the molecule is Cc1cccc(C(=O)N[C@H]2CC[C@@H](Nc3cc(N(C)C)nc(C)n3)CC2)c1. The summed E-state index contributed by atoms with van der Waals surface area (Å²) >= 11 is 0. The third-order valence-electron chi connectivity index (χ3n) is 4.98. The number of benzene rings is 1. The smallest absolute Gasteiger partial charge is 0.251 e. The predicted molar refractivity (Wildman–Crippen MR) is 109 cm³/mol. The summed E-state index contributed by atoms with van der Waals surface area (Å²) in [6.45, 7) is 3.92. The number of anilines is 2. The molecule has 0 unspecified atom stereocenters. The van der Waals surface area contributed by atoms with E-state index in [2.05, 4.69) is 20.6 Å². The number of aryl methyl sites for hydroxylation is 2. The molecule has 0 radical (unpaired) electrons. The van der Waals surface area contributed by atoms with Crippen LogP contribution in [0, 0.1) is 13.8 Å². The van der Waals surface area contributed by atoms with Crippen molar-refractivity contribution in [3.8, 4) is 0 Å². The molecular weight excluding hydrogens is 338 g/mol. The second-order valence-electron chi connectivity index (χ2n) is 7.59. The molecule has 1 aromatic carbocycles. The van der Waals surface area contributed by atoms with E-state index in [1.807, 2.05) is 63.2 Å². The molecule has 1 aromatic heterocycles. The van der Waals surface area contributed by atoms with Crippen LogP contribution in [-0.2, 0) is 0 Å². The van der Waals surface area contributed by atoms with Crippen LogP contribution in [0.1, 0.15) is 47.4 Å². The second kappa shape index (κ2) is 8.37. The number of nitrogens with zero attached hydrogens (tertiary/aromatic N) is 3. The van der Waals surface area contributed by atoms with Crippen LogP contribution in [0.15, 0.2) is 30.3 Å². The van der Waals surface area contributed by atoms with E-state index in [-0.39, 0.29) is 11.9 Å². The van der Waals surface area contributed by atoms with Crippen LogP contribution in [0.3, 0.4) is 0 Å². The first-order valence-electron chi connectivity index (χ1n) is 9.58. The van der Waals surface area contributed by atoms with Crippen LogP contribution >= 0.6 is 0 Å². The van der Waals surface area contributed by atoms with E-state index >= 15 is 0 Å². The van der Waals surface area contributed by atoms with Crippen LogP contribution in [-0.4, -0.2) is 42.1 Å². The fraction of sp³-hybridized carbons (Fsp3) is 0.476. The summed E-state index contributed by atoms with van der Waals surface area (Å²) in [7, 11) is 3.96. The maximum absolute atomic E-state index is 12.4. The molecule has 2 N–H and O–H groups in total. The quantitative estimate of drug-likeness (QED) is 0.848. The van der Waals surface area contributed by atoms with E-state index in [0.29, 0.717) is 6.04 Å². The van der Waals surface area contributed by atoms with Gasteiger partial charge in [-0.15, -0.1) is 0 Å². The molecule has 1 heterocycles. The Balaban J connectivity index is 1.53. The van der Waals surface area contributed by atoms with Gasteiger partial charge in [0, 0.05) is 37.8 Å². The number of nitrogens with one attached hydrogen (secondary N) is 2. The van der Waals surface area contributed by atoms with Crippen LogP contribution in [0.4, 0.5) is 11.6 Å². The topological polar surface area (TPSA) is 70.2 Å². The third-order valence-corrected chi connectivity index (χ3v) is 4.98. The third kappa shape index (κ3) is 5.18. The Kier molecular flexibility index (Phi) is 5.94. The van der Waals surface area contributed by atoms with Gasteiger partial charge in [-0.1, -0.05) is 17.7 Å². The largest absolute Gasteiger partial charge is 0.367 e. The molecule has 0 bridgehead atoms. The molecule has 0 aliphatic heterocycles. The molecule has 1 fully saturated rings. The van der Waals surface area contributed by atoms with Gasteiger partial charge in [-0.2, -0.15) is 0 Å². The van der Waals surface area contributed by atoms with Crippen molar-refractivity contribution in [1.29, 1.82) is 0 Å². The minimum Gasteiger partial charge on any atom is -0.367 e. The summed E-state index contributed by atoms with van der Waals surface area (Å²) in [6.07, 6.45) is 3.97. The van der Waals surface area contributed by atoms with Gasteiger partial charge >= 0.3 is 0 Å². The number of hydrogen-bond acceptors (Lipinski definition) is 5. The summed E-state index contributed by atoms with van der Waals surface area (Å²) in [4.78, 5) is 23.4. The first-order chi connectivity index (χ1) is 12.9. The van der Waals surface area contributed by atoms with E-state index in [4.69, 9.17) is 0 Å². The summed E-state index contributed by atoms with van der Waals surface area (Å²) in [6, 6.07) is 10.3. The average Bonchev–Trinajstić information content (AvgIpc) is 2.63. The van der Waals surface area contributed by atoms with Gasteiger partial charge in [-0.25, -0.2) is 9.97 Å². The lowest BCUT2D eigenvalue weighted by molar-refractivity contribution is 0.0926. The molecule has 6 nitrogen and oxygen atoms in total. The molecule has 1 saturated carbocycles. The Morgan fingerprint density at radius 1 is 1.04 bits per heavy atom. The monoisotopic (exact) mass is 367 g/mol. The van der Waals surface area contributed by atoms with E-state index in [9.17, 15) is 4.79 Å². The van der Waals surface area contributed by atoms with Crippen molar-refractivity contribution in [3.63, 3.8) is 0 Å². The fourth-order valence-corrected chi connectivity index (χ4v) is 3.50. The molecule has 27 heavy (non-hydrogen) atoms. The molecule has 0 atom stereocenters. The van der Waals surface area contributed by atoms with Gasteiger partial charge in [-0.05, 0) is 51.7 Å². The van der Waals surface area contributed by atoms with Gasteiger partial charge in [0.1, 0.15) is 17.5 Å². The molecular formula is C21H29N5O. The van der Waals surface area contributed by atoms with Crippen molar-refractivity contribution < 1.29 is 4.79 Å². The molecule has 1 amide bonds. The van der Waals surface area contributed by atoms with Crippen molar-refractivity contribution in [1.82, 2.24) is 15.3 Å². The molecule has 0 spiro atoms. The number of carbonyl (C=O) groups is 1. The highest BCUT2D eigenvalue weighted by Gasteiger charge is 2.23. The first-order valence-corrected chi connectivity index (χ1v) is 9.58. The molecule has 144 valence electrons. The molecule has 3 rings (SSSR count). The highest BCUT2D eigenvalue weighted by Crippen LogP contribution is 2.23. The maximum Gasteiger partial charge on any atom is 0.251 e. The molecule has 1 aliphatic carbocycles. The van der Waals surface area contributed by atoms with Crippen LogP contribution in [0.25, 0.3) is 0 Å². The lowest BCUT2D eigenvalue weighted by Gasteiger charge is -2.30. The zero-order valence-electron chi connectivity index (χ0n) is 16.6. The number of rotatable bonds is 5. The molecule has 2 aromatic rings. The second-order valence-corrected chi connectivity index (χ2v) is 7.59. The van der Waals surface area contributed by atoms with Gasteiger partial charge in [0.2, 0.25) is 0 Å². The predicted octanol–water partition coefficient (Wildman–Crippen LogP) is 3.31. The minimum atomic E-state index is 0.0251. The zero-order chi connectivity index (χ0) is 19.4. The van der Waals surface area contributed by atoms with E-state index in [1.54, 1.807) is 0 Å². The highest BCUT2D eigenvalue weighted by molar-refractivity contribution is 5.94. The number of carbonyl (C=O) groups excluding carboxylic acids is 1. The van der Waals surface area contributed by atoms with Crippen LogP contribution in [0.2, 0.25) is 0 Å². The van der Waals surface area contributed by atoms with Gasteiger partial charge in [-0.3, -0.25) is 4.79 Å². The van der Waals surface area contributed by atoms with Gasteiger partial charge in [0.15, 0.2) is 0 Å². The van der Waals surface area contributed by atoms with Crippen molar-refractivity contribution in [2.45, 2.75) is 51.6 Å². The fourth-order valence-electron chi connectivity index (χ4n) is 3.50. The van der Waals surface area contributed by atoms with Gasteiger partial charge in [0.25, 0.3) is 5.91 Å². The molecule has 6 heteroatoms. The molecule has 0 saturated heterocycles. The normalized spacial score (nSPS) is 19.4. The average molecular weight is 367 g/mol. The van der Waals surface area contributed by atoms with Crippen LogP contribution in [0.5, 0.6) is 0 Å². The Labute approximate surface area is 161 Å². The highest BCUT2D eigenvalue weighted by atomic mass is 16.1. The summed E-state index contributed by atoms with van der Waals surface area (Å²) in [5, 5.41) is 6.72. The Morgan fingerprint density at radius 2 is 1.74 bits per heavy atom. The van der Waals surface area contributed by atoms with Crippen molar-refractivity contribution >= 4 is 17.5 Å². The summed E-state index contributed by atoms with van der Waals surface area (Å²) in [5.74, 6) is 2.57. The number of hydrogen-bond donors (Lipinski definition) is 2. The van der Waals surface area contributed by atoms with Gasteiger partial charge in [0.05, 0.1) is 0 Å². The Morgan fingerprint density at radius 3 is 2.41 bits per heavy atom. The summed E-state index contributed by atoms with van der Waals surface area (Å²) in [5.41, 5.74) is 1.84.